The first-order valence-corrected chi connectivity index (χ1v) is 4.56. The molecule has 0 radical (unpaired) electrons. The highest BCUT2D eigenvalue weighted by atomic mass is 19.1. The van der Waals surface area contributed by atoms with E-state index in [0.717, 1.165) is 0 Å². The van der Waals surface area contributed by atoms with Crippen molar-refractivity contribution in [1.82, 2.24) is 0 Å². The molecule has 0 unspecified atom stereocenters. The molecule has 0 saturated heterocycles. The Hall–Kier alpha value is -1.44. The highest BCUT2D eigenvalue weighted by molar-refractivity contribution is 5.97. The van der Waals surface area contributed by atoms with Crippen molar-refractivity contribution in [1.29, 1.82) is 0 Å². The summed E-state index contributed by atoms with van der Waals surface area (Å²) in [4.78, 5) is 11.7. The van der Waals surface area contributed by atoms with Gasteiger partial charge in [-0.1, -0.05) is 25.1 Å². The predicted molar refractivity (Wildman–Crippen MR) is 54.7 cm³/mol. The molecule has 0 bridgehead atoms. The average Bonchev–Trinajstić information content (AvgIpc) is 2.18. The maximum atomic E-state index is 13.2. The normalized spacial score (nSPS) is 12.1. The van der Waals surface area contributed by atoms with Crippen molar-refractivity contribution in [3.63, 3.8) is 0 Å². The number of Topliss-reactive ketones (excluding diaryl/α,β-unsaturated/α-hetero) is 1. The van der Waals surface area contributed by atoms with Crippen LogP contribution in [0.2, 0.25) is 0 Å². The molecule has 1 atom stereocenters. The number of benzene rings is 1. The molecule has 2 heteroatoms. The zero-order valence-corrected chi connectivity index (χ0v) is 8.16. The third-order valence-corrected chi connectivity index (χ3v) is 2.11. The number of allylic oxidation sites excluding steroid dienone is 1. The SMILES string of the molecule is C=CC[C@H](C)C(=O)c1ccccc1F. The quantitative estimate of drug-likeness (QED) is 0.528. The summed E-state index contributed by atoms with van der Waals surface area (Å²) in [6, 6.07) is 6.05. The second kappa shape index (κ2) is 4.70. The summed E-state index contributed by atoms with van der Waals surface area (Å²) in [5.41, 5.74) is 0.168. The maximum absolute atomic E-state index is 13.2. The van der Waals surface area contributed by atoms with Crippen LogP contribution in [0.5, 0.6) is 0 Å². The van der Waals surface area contributed by atoms with Crippen molar-refractivity contribution >= 4 is 5.78 Å². The molecule has 0 amide bonds. The Labute approximate surface area is 83.3 Å². The van der Waals surface area contributed by atoms with Crippen molar-refractivity contribution in [3.05, 3.63) is 48.3 Å². The average molecular weight is 192 g/mol. The predicted octanol–water partition coefficient (Wildman–Crippen LogP) is 3.22. The van der Waals surface area contributed by atoms with Crippen LogP contribution in [0.1, 0.15) is 23.7 Å². The molecule has 0 N–H and O–H groups in total. The summed E-state index contributed by atoms with van der Waals surface area (Å²) in [5.74, 6) is -0.819. The fraction of sp³-hybridized carbons (Fsp3) is 0.250. The lowest BCUT2D eigenvalue weighted by atomic mass is 9.96. The molecule has 1 aromatic carbocycles. The molecule has 74 valence electrons. The summed E-state index contributed by atoms with van der Waals surface area (Å²) in [5, 5.41) is 0. The van der Waals surface area contributed by atoms with E-state index in [9.17, 15) is 9.18 Å². The standard InChI is InChI=1S/C12H13FO/c1-3-6-9(2)12(14)10-7-4-5-8-11(10)13/h3-5,7-9H,1,6H2,2H3/t9-/m0/s1. The fourth-order valence-electron chi connectivity index (χ4n) is 1.28. The minimum atomic E-state index is -0.451. The van der Waals surface area contributed by atoms with Gasteiger partial charge in [0, 0.05) is 5.92 Å². The highest BCUT2D eigenvalue weighted by Gasteiger charge is 2.16. The van der Waals surface area contributed by atoms with Gasteiger partial charge < -0.3 is 0 Å². The van der Waals surface area contributed by atoms with Crippen molar-refractivity contribution in [2.75, 3.05) is 0 Å². The van der Waals surface area contributed by atoms with Gasteiger partial charge in [0.1, 0.15) is 5.82 Å². The van der Waals surface area contributed by atoms with E-state index in [2.05, 4.69) is 6.58 Å². The van der Waals surface area contributed by atoms with Crippen LogP contribution in [0.3, 0.4) is 0 Å². The van der Waals surface area contributed by atoms with Crippen molar-refractivity contribution in [3.8, 4) is 0 Å². The first kappa shape index (κ1) is 10.6. The molecule has 0 spiro atoms. The zero-order valence-electron chi connectivity index (χ0n) is 8.16. The van der Waals surface area contributed by atoms with E-state index >= 15 is 0 Å². The van der Waals surface area contributed by atoms with Gasteiger partial charge in [-0.05, 0) is 18.6 Å². The molecular weight excluding hydrogens is 179 g/mol. The number of halogens is 1. The topological polar surface area (TPSA) is 17.1 Å². The van der Waals surface area contributed by atoms with Gasteiger partial charge in [-0.25, -0.2) is 4.39 Å². The first-order valence-electron chi connectivity index (χ1n) is 4.56. The molecule has 0 aromatic heterocycles. The number of hydrogen-bond donors (Lipinski definition) is 0. The largest absolute Gasteiger partial charge is 0.294 e. The molecule has 0 fully saturated rings. The summed E-state index contributed by atoms with van der Waals surface area (Å²) in [7, 11) is 0. The molecular formula is C12H13FO. The Balaban J connectivity index is 2.89. The van der Waals surface area contributed by atoms with Crippen LogP contribution in [0.25, 0.3) is 0 Å². The smallest absolute Gasteiger partial charge is 0.168 e. The van der Waals surface area contributed by atoms with Gasteiger partial charge in [-0.2, -0.15) is 0 Å². The molecule has 0 heterocycles. The summed E-state index contributed by atoms with van der Waals surface area (Å²) >= 11 is 0. The fourth-order valence-corrected chi connectivity index (χ4v) is 1.28. The molecule has 0 aliphatic carbocycles. The minimum Gasteiger partial charge on any atom is -0.294 e. The van der Waals surface area contributed by atoms with Crippen LogP contribution in [-0.4, -0.2) is 5.78 Å². The third-order valence-electron chi connectivity index (χ3n) is 2.11. The van der Waals surface area contributed by atoms with Crippen LogP contribution in [0.4, 0.5) is 4.39 Å². The summed E-state index contributed by atoms with van der Waals surface area (Å²) in [6.45, 7) is 5.33. The van der Waals surface area contributed by atoms with Crippen molar-refractivity contribution in [2.45, 2.75) is 13.3 Å². The molecule has 0 saturated carbocycles. The number of ketones is 1. The van der Waals surface area contributed by atoms with Crippen molar-refractivity contribution in [2.24, 2.45) is 5.92 Å². The second-order valence-electron chi connectivity index (χ2n) is 3.27. The lowest BCUT2D eigenvalue weighted by Gasteiger charge is -2.07. The lowest BCUT2D eigenvalue weighted by Crippen LogP contribution is -2.12. The second-order valence-corrected chi connectivity index (χ2v) is 3.27. The van der Waals surface area contributed by atoms with E-state index in [1.807, 2.05) is 0 Å². The third kappa shape index (κ3) is 2.28. The molecule has 1 rings (SSSR count). The van der Waals surface area contributed by atoms with Crippen LogP contribution >= 0.6 is 0 Å². The molecule has 0 aliphatic heterocycles. The Kier molecular flexibility index (Phi) is 3.57. The number of hydrogen-bond acceptors (Lipinski definition) is 1. The summed E-state index contributed by atoms with van der Waals surface area (Å²) < 4.78 is 13.2. The van der Waals surface area contributed by atoms with Gasteiger partial charge >= 0.3 is 0 Å². The van der Waals surface area contributed by atoms with Gasteiger partial charge in [0.05, 0.1) is 5.56 Å². The Morgan fingerprint density at radius 2 is 2.21 bits per heavy atom. The van der Waals surface area contributed by atoms with Crippen LogP contribution in [-0.2, 0) is 0 Å². The Morgan fingerprint density at radius 3 is 2.79 bits per heavy atom. The highest BCUT2D eigenvalue weighted by Crippen LogP contribution is 2.15. The number of carbonyl (C=O) groups is 1. The molecule has 1 aromatic rings. The van der Waals surface area contributed by atoms with Crippen LogP contribution in [0.15, 0.2) is 36.9 Å². The van der Waals surface area contributed by atoms with Gasteiger partial charge in [0.2, 0.25) is 0 Å². The van der Waals surface area contributed by atoms with E-state index in [1.54, 1.807) is 25.1 Å². The number of carbonyl (C=O) groups excluding carboxylic acids is 1. The van der Waals surface area contributed by atoms with Gasteiger partial charge in [0.15, 0.2) is 5.78 Å². The first-order chi connectivity index (χ1) is 6.66. The lowest BCUT2D eigenvalue weighted by molar-refractivity contribution is 0.0927. The van der Waals surface area contributed by atoms with E-state index < -0.39 is 5.82 Å². The van der Waals surface area contributed by atoms with Gasteiger partial charge in [0.25, 0.3) is 0 Å². The molecule has 1 nitrogen and oxygen atoms in total. The number of rotatable bonds is 4. The van der Waals surface area contributed by atoms with E-state index in [4.69, 9.17) is 0 Å². The van der Waals surface area contributed by atoms with Crippen LogP contribution in [0, 0.1) is 11.7 Å². The van der Waals surface area contributed by atoms with Crippen LogP contribution < -0.4 is 0 Å². The Morgan fingerprint density at radius 1 is 1.57 bits per heavy atom. The summed E-state index contributed by atoms with van der Waals surface area (Å²) in [6.07, 6.45) is 2.25. The van der Waals surface area contributed by atoms with E-state index in [1.165, 1.54) is 12.1 Å². The molecule has 0 aliphatic rings. The van der Waals surface area contributed by atoms with E-state index in [0.29, 0.717) is 6.42 Å². The van der Waals surface area contributed by atoms with Gasteiger partial charge in [-0.3, -0.25) is 4.79 Å². The zero-order chi connectivity index (χ0) is 10.6. The minimum absolute atomic E-state index is 0.164. The monoisotopic (exact) mass is 192 g/mol. The van der Waals surface area contributed by atoms with Gasteiger partial charge in [-0.15, -0.1) is 6.58 Å². The van der Waals surface area contributed by atoms with Crippen molar-refractivity contribution < 1.29 is 9.18 Å². The Bertz CT molecular complexity index is 344. The maximum Gasteiger partial charge on any atom is 0.168 e. The van der Waals surface area contributed by atoms with E-state index in [-0.39, 0.29) is 17.3 Å². The molecule has 14 heavy (non-hydrogen) atoms.